The number of amides is 3. The number of carboxylic acid groups (broad SMARTS) is 1. The predicted molar refractivity (Wildman–Crippen MR) is 65.8 cm³/mol. The summed E-state index contributed by atoms with van der Waals surface area (Å²) >= 11 is 0. The maximum atomic E-state index is 11.5. The molecule has 0 bridgehead atoms. The number of aliphatic carboxylic acids is 1. The van der Waals surface area contributed by atoms with Crippen LogP contribution in [0, 0.1) is 11.3 Å². The van der Waals surface area contributed by atoms with E-state index in [1.807, 2.05) is 0 Å². The number of nitrogens with one attached hydrogen (secondary N) is 2. The minimum atomic E-state index is -1.07. The average molecular weight is 259 g/mol. The van der Waals surface area contributed by atoms with Crippen LogP contribution in [0.5, 0.6) is 0 Å². The highest BCUT2D eigenvalue weighted by Crippen LogP contribution is 2.12. The largest absolute Gasteiger partial charge is 0.481 e. The monoisotopic (exact) mass is 259 g/mol. The first-order valence-electron chi connectivity index (χ1n) is 5.65. The molecule has 0 rings (SSSR count). The average Bonchev–Trinajstić information content (AvgIpc) is 2.22. The summed E-state index contributed by atoms with van der Waals surface area (Å²) in [6.07, 6.45) is 0. The van der Waals surface area contributed by atoms with Crippen LogP contribution in [-0.2, 0) is 9.59 Å². The van der Waals surface area contributed by atoms with Crippen LogP contribution in [0.15, 0.2) is 0 Å². The highest BCUT2D eigenvalue weighted by molar-refractivity contribution is 5.86. The maximum absolute atomic E-state index is 11.5. The van der Waals surface area contributed by atoms with Crippen LogP contribution < -0.4 is 16.4 Å². The summed E-state index contributed by atoms with van der Waals surface area (Å²) < 4.78 is 0. The lowest BCUT2D eigenvalue weighted by atomic mass is 9.94. The van der Waals surface area contributed by atoms with Crippen molar-refractivity contribution in [3.63, 3.8) is 0 Å². The third kappa shape index (κ3) is 5.03. The summed E-state index contributed by atoms with van der Waals surface area (Å²) in [6, 6.07) is -1.39. The van der Waals surface area contributed by atoms with Crippen LogP contribution in [0.2, 0.25) is 0 Å². The van der Waals surface area contributed by atoms with E-state index in [0.717, 1.165) is 0 Å². The summed E-state index contributed by atoms with van der Waals surface area (Å²) in [7, 11) is 0. The highest BCUT2D eigenvalue weighted by atomic mass is 16.4. The van der Waals surface area contributed by atoms with Gasteiger partial charge in [-0.05, 0) is 19.8 Å². The fraction of sp³-hybridized carbons (Fsp3) is 0.727. The lowest BCUT2D eigenvalue weighted by molar-refractivity contribution is -0.146. The standard InChI is InChI=1S/C11H21N3O4/c1-6(2)7(8(12)15)14-10(18)13-5-11(3,4)9(16)17/h6-7H,5H2,1-4H3,(H2,12,15)(H,16,17)(H2,13,14,18). The molecule has 1 atom stereocenters. The fourth-order valence-electron chi connectivity index (χ4n) is 1.14. The molecule has 0 saturated heterocycles. The Hall–Kier alpha value is -1.79. The second-order valence-electron chi connectivity index (χ2n) is 5.14. The second-order valence-corrected chi connectivity index (χ2v) is 5.14. The maximum Gasteiger partial charge on any atom is 0.315 e. The van der Waals surface area contributed by atoms with Gasteiger partial charge in [0.25, 0.3) is 0 Å². The van der Waals surface area contributed by atoms with Gasteiger partial charge in [0.05, 0.1) is 5.41 Å². The summed E-state index contributed by atoms with van der Waals surface area (Å²) in [4.78, 5) is 33.4. The molecule has 0 aromatic heterocycles. The van der Waals surface area contributed by atoms with Gasteiger partial charge in [-0.2, -0.15) is 0 Å². The molecule has 5 N–H and O–H groups in total. The normalized spacial score (nSPS) is 12.9. The Morgan fingerprint density at radius 1 is 1.28 bits per heavy atom. The highest BCUT2D eigenvalue weighted by Gasteiger charge is 2.28. The molecule has 7 nitrogen and oxygen atoms in total. The molecule has 0 spiro atoms. The smallest absolute Gasteiger partial charge is 0.315 e. The molecule has 0 aliphatic rings. The van der Waals surface area contributed by atoms with Crippen LogP contribution >= 0.6 is 0 Å². The zero-order valence-electron chi connectivity index (χ0n) is 11.1. The Bertz CT molecular complexity index is 339. The SMILES string of the molecule is CC(C)C(NC(=O)NCC(C)(C)C(=O)O)C(N)=O. The molecule has 0 aromatic rings. The van der Waals surface area contributed by atoms with E-state index in [1.165, 1.54) is 13.8 Å². The second kappa shape index (κ2) is 6.23. The van der Waals surface area contributed by atoms with Gasteiger partial charge < -0.3 is 21.5 Å². The van der Waals surface area contributed by atoms with E-state index in [4.69, 9.17) is 10.8 Å². The Morgan fingerprint density at radius 3 is 2.11 bits per heavy atom. The van der Waals surface area contributed by atoms with Crippen molar-refractivity contribution in [2.24, 2.45) is 17.1 Å². The number of primary amides is 1. The Balaban J connectivity index is 4.35. The predicted octanol–water partition coefficient (Wildman–Crippen LogP) is -0.0937. The van der Waals surface area contributed by atoms with Gasteiger partial charge in [-0.25, -0.2) is 4.79 Å². The molecule has 1 unspecified atom stereocenters. The first-order chi connectivity index (χ1) is 8.08. The van der Waals surface area contributed by atoms with Gasteiger partial charge in [0.1, 0.15) is 6.04 Å². The van der Waals surface area contributed by atoms with Gasteiger partial charge in [-0.1, -0.05) is 13.8 Å². The molecule has 3 amide bonds. The van der Waals surface area contributed by atoms with Crippen molar-refractivity contribution in [3.8, 4) is 0 Å². The number of rotatable bonds is 6. The van der Waals surface area contributed by atoms with Gasteiger partial charge >= 0.3 is 12.0 Å². The van der Waals surface area contributed by atoms with Crippen molar-refractivity contribution in [1.29, 1.82) is 0 Å². The quantitative estimate of drug-likeness (QED) is 0.532. The minimum absolute atomic E-state index is 0.0439. The molecule has 0 saturated carbocycles. The molecule has 104 valence electrons. The zero-order chi connectivity index (χ0) is 14.5. The third-order valence-electron chi connectivity index (χ3n) is 2.53. The molecule has 0 fully saturated rings. The Labute approximate surface area is 106 Å². The van der Waals surface area contributed by atoms with Gasteiger partial charge in [0.15, 0.2) is 0 Å². The summed E-state index contributed by atoms with van der Waals surface area (Å²) in [5, 5.41) is 13.7. The van der Waals surface area contributed by atoms with E-state index in [0.29, 0.717) is 0 Å². The summed E-state index contributed by atoms with van der Waals surface area (Å²) in [5.74, 6) is -1.78. The van der Waals surface area contributed by atoms with E-state index in [2.05, 4.69) is 10.6 Å². The Kier molecular flexibility index (Phi) is 5.61. The number of hydrogen-bond acceptors (Lipinski definition) is 3. The number of carboxylic acids is 1. The summed E-state index contributed by atoms with van der Waals surface area (Å²) in [5.41, 5.74) is 4.07. The van der Waals surface area contributed by atoms with E-state index in [1.54, 1.807) is 13.8 Å². The van der Waals surface area contributed by atoms with Crippen LogP contribution in [0.1, 0.15) is 27.7 Å². The first-order valence-corrected chi connectivity index (χ1v) is 5.65. The van der Waals surface area contributed by atoms with Crippen molar-refractivity contribution in [2.45, 2.75) is 33.7 Å². The molecule has 0 aliphatic heterocycles. The lowest BCUT2D eigenvalue weighted by Gasteiger charge is -2.22. The molecule has 7 heteroatoms. The van der Waals surface area contributed by atoms with E-state index in [-0.39, 0.29) is 12.5 Å². The molecular formula is C11H21N3O4. The third-order valence-corrected chi connectivity index (χ3v) is 2.53. The molecule has 0 heterocycles. The van der Waals surface area contributed by atoms with Crippen LogP contribution in [0.3, 0.4) is 0 Å². The van der Waals surface area contributed by atoms with Crippen molar-refractivity contribution >= 4 is 17.9 Å². The van der Waals surface area contributed by atoms with E-state index in [9.17, 15) is 14.4 Å². The van der Waals surface area contributed by atoms with Crippen LogP contribution in [-0.4, -0.2) is 35.6 Å². The van der Waals surface area contributed by atoms with Crippen molar-refractivity contribution in [3.05, 3.63) is 0 Å². The van der Waals surface area contributed by atoms with Crippen molar-refractivity contribution in [1.82, 2.24) is 10.6 Å². The molecule has 18 heavy (non-hydrogen) atoms. The van der Waals surface area contributed by atoms with Gasteiger partial charge in [-0.3, -0.25) is 9.59 Å². The molecule has 0 aromatic carbocycles. The van der Waals surface area contributed by atoms with E-state index < -0.39 is 29.4 Å². The van der Waals surface area contributed by atoms with Gasteiger partial charge in [0, 0.05) is 6.54 Å². The fourth-order valence-corrected chi connectivity index (χ4v) is 1.14. The lowest BCUT2D eigenvalue weighted by Crippen LogP contribution is -2.52. The number of urea groups is 1. The minimum Gasteiger partial charge on any atom is -0.481 e. The van der Waals surface area contributed by atoms with Crippen LogP contribution in [0.25, 0.3) is 0 Å². The molecule has 0 aliphatic carbocycles. The number of nitrogens with two attached hydrogens (primary N) is 1. The van der Waals surface area contributed by atoms with Crippen molar-refractivity contribution in [2.75, 3.05) is 6.54 Å². The number of hydrogen-bond donors (Lipinski definition) is 4. The topological polar surface area (TPSA) is 122 Å². The molecular weight excluding hydrogens is 238 g/mol. The number of carbonyl (C=O) groups excluding carboxylic acids is 2. The summed E-state index contributed by atoms with van der Waals surface area (Å²) in [6.45, 7) is 6.43. The zero-order valence-corrected chi connectivity index (χ0v) is 11.1. The van der Waals surface area contributed by atoms with Crippen LogP contribution in [0.4, 0.5) is 4.79 Å². The van der Waals surface area contributed by atoms with Gasteiger partial charge in [0.2, 0.25) is 5.91 Å². The van der Waals surface area contributed by atoms with Gasteiger partial charge in [-0.15, -0.1) is 0 Å². The first kappa shape index (κ1) is 16.2. The Morgan fingerprint density at radius 2 is 1.78 bits per heavy atom. The van der Waals surface area contributed by atoms with E-state index >= 15 is 0 Å². The number of carbonyl (C=O) groups is 3. The molecule has 0 radical (unpaired) electrons. The van der Waals surface area contributed by atoms with Crippen molar-refractivity contribution < 1.29 is 19.5 Å².